The number of aromatic nitrogens is 2. The molecule has 2 nitrogen and oxygen atoms in total. The Morgan fingerprint density at radius 3 is 2.31 bits per heavy atom. The summed E-state index contributed by atoms with van der Waals surface area (Å²) in [6.07, 6.45) is 2.00. The second kappa shape index (κ2) is 3.66. The molecule has 1 heterocycles. The van der Waals surface area contributed by atoms with Crippen molar-refractivity contribution in [3.8, 4) is 0 Å². The summed E-state index contributed by atoms with van der Waals surface area (Å²) in [6, 6.07) is 2.06. The van der Waals surface area contributed by atoms with Crippen LogP contribution < -0.4 is 0 Å². The molecule has 0 fully saturated rings. The maximum atomic E-state index is 4.48. The van der Waals surface area contributed by atoms with Gasteiger partial charge in [0.1, 0.15) is 0 Å². The summed E-state index contributed by atoms with van der Waals surface area (Å²) in [4.78, 5) is 8.79. The third-order valence-corrected chi connectivity index (χ3v) is 2.33. The SMILES string of the molecule is CSc1nc(C)cc(C(C)(C)C)n1. The minimum Gasteiger partial charge on any atom is -0.228 e. The summed E-state index contributed by atoms with van der Waals surface area (Å²) in [6.45, 7) is 8.51. The molecule has 0 aliphatic heterocycles. The van der Waals surface area contributed by atoms with Crippen LogP contribution in [0.2, 0.25) is 0 Å². The molecule has 0 saturated carbocycles. The zero-order valence-corrected chi connectivity index (χ0v) is 9.70. The van der Waals surface area contributed by atoms with E-state index in [1.807, 2.05) is 13.2 Å². The lowest BCUT2D eigenvalue weighted by molar-refractivity contribution is 0.557. The van der Waals surface area contributed by atoms with Gasteiger partial charge in [-0.05, 0) is 19.2 Å². The van der Waals surface area contributed by atoms with Crippen LogP contribution in [-0.4, -0.2) is 16.2 Å². The number of nitrogens with zero attached hydrogens (tertiary/aromatic N) is 2. The Balaban J connectivity index is 3.16. The van der Waals surface area contributed by atoms with E-state index < -0.39 is 0 Å². The molecule has 3 heteroatoms. The third kappa shape index (κ3) is 2.69. The van der Waals surface area contributed by atoms with Gasteiger partial charge in [-0.25, -0.2) is 9.97 Å². The molecule has 1 aromatic heterocycles. The number of rotatable bonds is 1. The highest BCUT2D eigenvalue weighted by atomic mass is 32.2. The van der Waals surface area contributed by atoms with Crippen molar-refractivity contribution >= 4 is 11.8 Å². The van der Waals surface area contributed by atoms with Gasteiger partial charge in [0.2, 0.25) is 0 Å². The first-order chi connectivity index (χ1) is 5.93. The van der Waals surface area contributed by atoms with Crippen LogP contribution in [-0.2, 0) is 5.41 Å². The molecule has 1 rings (SSSR count). The standard InChI is InChI=1S/C10H16N2S/c1-7-6-8(10(2,3)4)12-9(11-7)13-5/h6H,1-5H3. The van der Waals surface area contributed by atoms with Gasteiger partial charge in [0.25, 0.3) is 0 Å². The zero-order chi connectivity index (χ0) is 10.1. The molecule has 0 bridgehead atoms. The summed E-state index contributed by atoms with van der Waals surface area (Å²) < 4.78 is 0. The third-order valence-electron chi connectivity index (χ3n) is 1.78. The molecule has 0 amide bonds. The van der Waals surface area contributed by atoms with Gasteiger partial charge < -0.3 is 0 Å². The summed E-state index contributed by atoms with van der Waals surface area (Å²) in [5, 5.41) is 0.866. The lowest BCUT2D eigenvalue weighted by Crippen LogP contribution is -2.14. The molecule has 0 atom stereocenters. The van der Waals surface area contributed by atoms with E-state index in [4.69, 9.17) is 0 Å². The van der Waals surface area contributed by atoms with Crippen LogP contribution in [0.4, 0.5) is 0 Å². The van der Waals surface area contributed by atoms with E-state index in [1.54, 1.807) is 11.8 Å². The minimum atomic E-state index is 0.109. The van der Waals surface area contributed by atoms with E-state index in [1.165, 1.54) is 0 Å². The number of thioether (sulfide) groups is 1. The van der Waals surface area contributed by atoms with Crippen molar-refractivity contribution in [2.45, 2.75) is 38.3 Å². The highest BCUT2D eigenvalue weighted by Crippen LogP contribution is 2.22. The maximum Gasteiger partial charge on any atom is 0.187 e. The predicted octanol–water partition coefficient (Wildman–Crippen LogP) is 2.80. The number of hydrogen-bond donors (Lipinski definition) is 0. The molecule has 0 aromatic carbocycles. The lowest BCUT2D eigenvalue weighted by Gasteiger charge is -2.18. The highest BCUT2D eigenvalue weighted by molar-refractivity contribution is 7.98. The average molecular weight is 196 g/mol. The second-order valence-corrected chi connectivity index (χ2v) is 4.90. The maximum absolute atomic E-state index is 4.48. The van der Waals surface area contributed by atoms with E-state index in [2.05, 4.69) is 36.8 Å². The van der Waals surface area contributed by atoms with Crippen molar-refractivity contribution in [2.75, 3.05) is 6.26 Å². The van der Waals surface area contributed by atoms with Crippen LogP contribution in [0, 0.1) is 6.92 Å². The normalized spacial score (nSPS) is 11.8. The number of hydrogen-bond acceptors (Lipinski definition) is 3. The molecule has 0 saturated heterocycles. The van der Waals surface area contributed by atoms with Crippen molar-refractivity contribution in [1.82, 2.24) is 9.97 Å². The fourth-order valence-electron chi connectivity index (χ4n) is 1.02. The van der Waals surface area contributed by atoms with Gasteiger partial charge in [0, 0.05) is 11.1 Å². The molecule has 0 N–H and O–H groups in total. The summed E-state index contributed by atoms with van der Waals surface area (Å²) in [5.41, 5.74) is 2.27. The zero-order valence-electron chi connectivity index (χ0n) is 8.88. The summed E-state index contributed by atoms with van der Waals surface area (Å²) in [5.74, 6) is 0. The van der Waals surface area contributed by atoms with E-state index in [0.717, 1.165) is 16.5 Å². The summed E-state index contributed by atoms with van der Waals surface area (Å²) >= 11 is 1.59. The first-order valence-corrected chi connectivity index (χ1v) is 5.56. The van der Waals surface area contributed by atoms with Crippen LogP contribution >= 0.6 is 11.8 Å². The van der Waals surface area contributed by atoms with Gasteiger partial charge in [-0.15, -0.1) is 0 Å². The fraction of sp³-hybridized carbons (Fsp3) is 0.600. The van der Waals surface area contributed by atoms with E-state index in [9.17, 15) is 0 Å². The van der Waals surface area contributed by atoms with Gasteiger partial charge in [-0.1, -0.05) is 32.5 Å². The highest BCUT2D eigenvalue weighted by Gasteiger charge is 2.16. The monoisotopic (exact) mass is 196 g/mol. The molecular weight excluding hydrogens is 180 g/mol. The lowest BCUT2D eigenvalue weighted by atomic mass is 9.92. The second-order valence-electron chi connectivity index (χ2n) is 4.13. The molecule has 72 valence electrons. The first-order valence-electron chi connectivity index (χ1n) is 4.33. The van der Waals surface area contributed by atoms with Crippen LogP contribution in [0.1, 0.15) is 32.2 Å². The number of aryl methyl sites for hydroxylation is 1. The van der Waals surface area contributed by atoms with Crippen molar-refractivity contribution in [3.05, 3.63) is 17.5 Å². The van der Waals surface area contributed by atoms with Gasteiger partial charge in [-0.2, -0.15) is 0 Å². The molecule has 0 aliphatic rings. The Bertz CT molecular complexity index is 302. The Morgan fingerprint density at radius 2 is 1.85 bits per heavy atom. The molecule has 13 heavy (non-hydrogen) atoms. The first kappa shape index (κ1) is 10.5. The topological polar surface area (TPSA) is 25.8 Å². The Morgan fingerprint density at radius 1 is 1.23 bits per heavy atom. The molecule has 0 radical (unpaired) electrons. The van der Waals surface area contributed by atoms with Crippen molar-refractivity contribution < 1.29 is 0 Å². The van der Waals surface area contributed by atoms with Crippen LogP contribution in [0.25, 0.3) is 0 Å². The van der Waals surface area contributed by atoms with E-state index >= 15 is 0 Å². The smallest absolute Gasteiger partial charge is 0.187 e. The predicted molar refractivity (Wildman–Crippen MR) is 57.3 cm³/mol. The van der Waals surface area contributed by atoms with Gasteiger partial charge in [0.15, 0.2) is 5.16 Å². The van der Waals surface area contributed by atoms with E-state index in [-0.39, 0.29) is 5.41 Å². The van der Waals surface area contributed by atoms with Gasteiger partial charge in [-0.3, -0.25) is 0 Å². The van der Waals surface area contributed by atoms with Crippen LogP contribution in [0.3, 0.4) is 0 Å². The Labute approximate surface area is 84.2 Å². The van der Waals surface area contributed by atoms with Gasteiger partial charge >= 0.3 is 0 Å². The Kier molecular flexibility index (Phi) is 2.96. The van der Waals surface area contributed by atoms with E-state index in [0.29, 0.717) is 0 Å². The van der Waals surface area contributed by atoms with Crippen molar-refractivity contribution in [1.29, 1.82) is 0 Å². The van der Waals surface area contributed by atoms with Gasteiger partial charge in [0.05, 0.1) is 5.69 Å². The largest absolute Gasteiger partial charge is 0.228 e. The van der Waals surface area contributed by atoms with Crippen molar-refractivity contribution in [3.63, 3.8) is 0 Å². The van der Waals surface area contributed by atoms with Crippen LogP contribution in [0.5, 0.6) is 0 Å². The van der Waals surface area contributed by atoms with Crippen molar-refractivity contribution in [2.24, 2.45) is 0 Å². The quantitative estimate of drug-likeness (QED) is 0.510. The molecular formula is C10H16N2S. The molecule has 0 spiro atoms. The minimum absolute atomic E-state index is 0.109. The Hall–Kier alpha value is -0.570. The summed E-state index contributed by atoms with van der Waals surface area (Å²) in [7, 11) is 0. The molecule has 1 aromatic rings. The average Bonchev–Trinajstić information content (AvgIpc) is 2.01. The molecule has 0 unspecified atom stereocenters. The molecule has 0 aliphatic carbocycles. The fourth-order valence-corrected chi connectivity index (χ4v) is 1.44. The van der Waals surface area contributed by atoms with Crippen LogP contribution in [0.15, 0.2) is 11.2 Å².